The predicted molar refractivity (Wildman–Crippen MR) is 89.9 cm³/mol. The van der Waals surface area contributed by atoms with Crippen molar-refractivity contribution in [1.82, 2.24) is 4.98 Å². The van der Waals surface area contributed by atoms with E-state index < -0.39 is 29.2 Å². The SMILES string of the molecule is FC(F)(F)c1nc2ccc(I)cc2c(C(F)(F)F)c1-c1ccccc1. The maximum atomic E-state index is 13.8. The van der Waals surface area contributed by atoms with E-state index in [1.807, 2.05) is 0 Å². The van der Waals surface area contributed by atoms with Crippen LogP contribution in [0.25, 0.3) is 22.0 Å². The number of halogens is 7. The van der Waals surface area contributed by atoms with E-state index in [-0.39, 0.29) is 16.5 Å². The number of benzene rings is 2. The number of hydrogen-bond donors (Lipinski definition) is 0. The summed E-state index contributed by atoms with van der Waals surface area (Å²) in [5.41, 5.74) is -4.35. The first-order chi connectivity index (χ1) is 11.6. The lowest BCUT2D eigenvalue weighted by atomic mass is 9.94. The maximum absolute atomic E-state index is 13.8. The van der Waals surface area contributed by atoms with E-state index in [9.17, 15) is 26.3 Å². The summed E-state index contributed by atoms with van der Waals surface area (Å²) < 4.78 is 82.2. The number of aromatic nitrogens is 1. The molecule has 0 aliphatic rings. The van der Waals surface area contributed by atoms with Crippen molar-refractivity contribution in [3.8, 4) is 11.1 Å². The smallest absolute Gasteiger partial charge is 0.243 e. The molecule has 0 saturated carbocycles. The molecule has 1 aromatic heterocycles. The Morgan fingerprint density at radius 2 is 1.44 bits per heavy atom. The Morgan fingerprint density at radius 1 is 0.800 bits per heavy atom. The molecule has 0 saturated heterocycles. The molecule has 0 unspecified atom stereocenters. The molecule has 25 heavy (non-hydrogen) atoms. The molecule has 130 valence electrons. The number of hydrogen-bond acceptors (Lipinski definition) is 1. The van der Waals surface area contributed by atoms with E-state index in [1.165, 1.54) is 42.5 Å². The normalized spacial score (nSPS) is 12.6. The van der Waals surface area contributed by atoms with Crippen LogP contribution in [0.15, 0.2) is 48.5 Å². The monoisotopic (exact) mass is 467 g/mol. The summed E-state index contributed by atoms with van der Waals surface area (Å²) in [4.78, 5) is 3.51. The average Bonchev–Trinajstić information content (AvgIpc) is 2.52. The van der Waals surface area contributed by atoms with Crippen molar-refractivity contribution in [3.05, 3.63) is 63.4 Å². The van der Waals surface area contributed by atoms with E-state index in [0.717, 1.165) is 6.07 Å². The zero-order chi connectivity index (χ0) is 18.4. The summed E-state index contributed by atoms with van der Waals surface area (Å²) in [7, 11) is 0. The minimum atomic E-state index is -5.03. The van der Waals surface area contributed by atoms with Crippen molar-refractivity contribution in [1.29, 1.82) is 0 Å². The van der Waals surface area contributed by atoms with Gasteiger partial charge in [-0.25, -0.2) is 4.98 Å². The number of alkyl halides is 6. The first kappa shape index (κ1) is 18.0. The molecule has 1 nitrogen and oxygen atoms in total. The molecule has 2 aromatic carbocycles. The quantitative estimate of drug-likeness (QED) is 0.293. The Labute approximate surface area is 151 Å². The average molecular weight is 467 g/mol. The summed E-state index contributed by atoms with van der Waals surface area (Å²) in [6.45, 7) is 0. The largest absolute Gasteiger partial charge is 0.433 e. The van der Waals surface area contributed by atoms with Gasteiger partial charge in [0.15, 0.2) is 5.69 Å². The molecule has 3 aromatic rings. The second kappa shape index (κ2) is 6.15. The summed E-state index contributed by atoms with van der Waals surface area (Å²) in [5, 5.41) is -0.355. The van der Waals surface area contributed by atoms with Crippen molar-refractivity contribution >= 4 is 33.5 Å². The van der Waals surface area contributed by atoms with E-state index >= 15 is 0 Å². The lowest BCUT2D eigenvalue weighted by Gasteiger charge is -2.20. The molecule has 3 rings (SSSR count). The summed E-state index contributed by atoms with van der Waals surface area (Å²) in [5.74, 6) is 0. The Kier molecular flexibility index (Phi) is 4.42. The standard InChI is InChI=1S/C17H8F6IN/c18-16(19,20)14-11-8-10(24)6-7-12(11)25-15(17(21,22)23)13(14)9-4-2-1-3-5-9/h1-8H. The molecule has 1 heterocycles. The zero-order valence-electron chi connectivity index (χ0n) is 12.2. The molecule has 0 N–H and O–H groups in total. The van der Waals surface area contributed by atoms with Crippen molar-refractivity contribution < 1.29 is 26.3 Å². The van der Waals surface area contributed by atoms with Gasteiger partial charge in [-0.1, -0.05) is 30.3 Å². The van der Waals surface area contributed by atoms with E-state index in [4.69, 9.17) is 0 Å². The van der Waals surface area contributed by atoms with Crippen LogP contribution in [0.5, 0.6) is 0 Å². The minimum Gasteiger partial charge on any atom is -0.243 e. The van der Waals surface area contributed by atoms with Gasteiger partial charge in [0.2, 0.25) is 0 Å². The van der Waals surface area contributed by atoms with Crippen molar-refractivity contribution in [2.75, 3.05) is 0 Å². The Morgan fingerprint density at radius 3 is 2.00 bits per heavy atom. The highest BCUT2D eigenvalue weighted by Gasteiger charge is 2.44. The van der Waals surface area contributed by atoms with Gasteiger partial charge in [-0.3, -0.25) is 0 Å². The Balaban J connectivity index is 2.56. The third-order valence-electron chi connectivity index (χ3n) is 3.56. The van der Waals surface area contributed by atoms with E-state index in [0.29, 0.717) is 3.57 Å². The van der Waals surface area contributed by atoms with Crippen molar-refractivity contribution in [2.45, 2.75) is 12.4 Å². The van der Waals surface area contributed by atoms with E-state index in [2.05, 4.69) is 4.98 Å². The van der Waals surface area contributed by atoms with Gasteiger partial charge in [-0.15, -0.1) is 0 Å². The lowest BCUT2D eigenvalue weighted by Crippen LogP contribution is -2.17. The number of fused-ring (bicyclic) bond motifs is 1. The molecule has 0 aliphatic carbocycles. The third kappa shape index (κ3) is 3.44. The topological polar surface area (TPSA) is 12.9 Å². The van der Waals surface area contributed by atoms with Crippen LogP contribution in [0, 0.1) is 3.57 Å². The highest BCUT2D eigenvalue weighted by molar-refractivity contribution is 14.1. The molecule has 0 atom stereocenters. The Bertz CT molecular complexity index is 932. The van der Waals surface area contributed by atoms with Gasteiger partial charge in [0, 0.05) is 14.5 Å². The summed E-state index contributed by atoms with van der Waals surface area (Å²) in [6, 6.07) is 10.5. The first-order valence-electron chi connectivity index (χ1n) is 6.92. The highest BCUT2D eigenvalue weighted by atomic mass is 127. The molecule has 0 radical (unpaired) electrons. The highest BCUT2D eigenvalue weighted by Crippen LogP contribution is 2.46. The Hall–Kier alpha value is -1.84. The number of rotatable bonds is 1. The summed E-state index contributed by atoms with van der Waals surface area (Å²) >= 11 is 1.81. The fourth-order valence-corrected chi connectivity index (χ4v) is 3.11. The van der Waals surface area contributed by atoms with Crippen LogP contribution in [0.4, 0.5) is 26.3 Å². The maximum Gasteiger partial charge on any atom is 0.433 e. The van der Waals surface area contributed by atoms with E-state index in [1.54, 1.807) is 22.6 Å². The van der Waals surface area contributed by atoms with Crippen molar-refractivity contribution in [2.24, 2.45) is 0 Å². The molecule has 0 spiro atoms. The molecule has 0 bridgehead atoms. The molecular weight excluding hydrogens is 459 g/mol. The lowest BCUT2D eigenvalue weighted by molar-refractivity contribution is -0.143. The van der Waals surface area contributed by atoms with Crippen LogP contribution < -0.4 is 0 Å². The molecular formula is C17H8F6IN. The minimum absolute atomic E-state index is 0.185. The van der Waals surface area contributed by atoms with Crippen LogP contribution >= 0.6 is 22.6 Å². The van der Waals surface area contributed by atoms with Gasteiger partial charge in [0.25, 0.3) is 0 Å². The molecule has 0 amide bonds. The van der Waals surface area contributed by atoms with Crippen LogP contribution in [-0.2, 0) is 12.4 Å². The molecule has 0 aliphatic heterocycles. The molecule has 8 heteroatoms. The van der Waals surface area contributed by atoms with Gasteiger partial charge in [0.05, 0.1) is 11.1 Å². The van der Waals surface area contributed by atoms with Gasteiger partial charge in [0.1, 0.15) is 0 Å². The predicted octanol–water partition coefficient (Wildman–Crippen LogP) is 6.54. The van der Waals surface area contributed by atoms with Gasteiger partial charge >= 0.3 is 12.4 Å². The van der Waals surface area contributed by atoms with Gasteiger partial charge in [-0.05, 0) is 46.4 Å². The second-order valence-corrected chi connectivity index (χ2v) is 6.48. The number of pyridine rings is 1. The first-order valence-corrected chi connectivity index (χ1v) is 8.00. The van der Waals surface area contributed by atoms with Crippen LogP contribution in [-0.4, -0.2) is 4.98 Å². The second-order valence-electron chi connectivity index (χ2n) is 5.23. The van der Waals surface area contributed by atoms with Crippen LogP contribution in [0.2, 0.25) is 0 Å². The van der Waals surface area contributed by atoms with Crippen LogP contribution in [0.3, 0.4) is 0 Å². The third-order valence-corrected chi connectivity index (χ3v) is 4.23. The fraction of sp³-hybridized carbons (Fsp3) is 0.118. The van der Waals surface area contributed by atoms with Crippen LogP contribution in [0.1, 0.15) is 11.3 Å². The van der Waals surface area contributed by atoms with Gasteiger partial charge < -0.3 is 0 Å². The molecule has 0 fully saturated rings. The zero-order valence-corrected chi connectivity index (χ0v) is 14.4. The number of nitrogens with zero attached hydrogens (tertiary/aromatic N) is 1. The van der Waals surface area contributed by atoms with Crippen molar-refractivity contribution in [3.63, 3.8) is 0 Å². The van der Waals surface area contributed by atoms with Gasteiger partial charge in [-0.2, -0.15) is 26.3 Å². The fourth-order valence-electron chi connectivity index (χ4n) is 2.62. The summed E-state index contributed by atoms with van der Waals surface area (Å²) in [6.07, 6.45) is -10.0.